The molecule has 0 spiro atoms. The summed E-state index contributed by atoms with van der Waals surface area (Å²) in [7, 11) is 0. The maximum absolute atomic E-state index is 9.13. The smallest absolute Gasteiger partial charge is 0.101 e. The van der Waals surface area contributed by atoms with E-state index in [9.17, 15) is 0 Å². The predicted molar refractivity (Wildman–Crippen MR) is 73.3 cm³/mol. The number of aromatic nitrogens is 1. The van der Waals surface area contributed by atoms with Crippen molar-refractivity contribution in [1.82, 2.24) is 4.98 Å². The van der Waals surface area contributed by atoms with Crippen LogP contribution in [0.1, 0.15) is 39.2 Å². The summed E-state index contributed by atoms with van der Waals surface area (Å²) in [5, 5.41) is 9.13. The first-order valence-electron chi connectivity index (χ1n) is 6.61. The average Bonchev–Trinajstić information content (AvgIpc) is 2.38. The molecule has 0 atom stereocenters. The van der Waals surface area contributed by atoms with Crippen LogP contribution in [0.15, 0.2) is 18.5 Å². The van der Waals surface area contributed by atoms with Crippen molar-refractivity contribution in [3.05, 3.63) is 24.0 Å². The third kappa shape index (κ3) is 2.64. The van der Waals surface area contributed by atoms with Gasteiger partial charge >= 0.3 is 0 Å². The van der Waals surface area contributed by atoms with Crippen molar-refractivity contribution >= 4 is 5.69 Å². The molecule has 3 heteroatoms. The molecule has 0 radical (unpaired) electrons. The Balaban J connectivity index is 2.09. The van der Waals surface area contributed by atoms with Gasteiger partial charge in [0.2, 0.25) is 0 Å². The summed E-state index contributed by atoms with van der Waals surface area (Å²) < 4.78 is 0. The molecule has 96 valence electrons. The second-order valence-electron chi connectivity index (χ2n) is 6.13. The molecule has 0 N–H and O–H groups in total. The van der Waals surface area contributed by atoms with E-state index in [2.05, 4.69) is 36.7 Å². The number of nitriles is 1. The standard InChI is InChI=1S/C15H21N3/c1-15(2,3)13-5-8-18(9-6-13)14-11-17-7-4-12(14)10-16/h4,7,11,13H,5-6,8-9H2,1-3H3. The van der Waals surface area contributed by atoms with Crippen LogP contribution in [0.5, 0.6) is 0 Å². The van der Waals surface area contributed by atoms with Gasteiger partial charge < -0.3 is 4.90 Å². The van der Waals surface area contributed by atoms with E-state index in [0.29, 0.717) is 5.41 Å². The van der Waals surface area contributed by atoms with Crippen molar-refractivity contribution in [2.45, 2.75) is 33.6 Å². The number of piperidine rings is 1. The number of pyridine rings is 1. The normalized spacial score (nSPS) is 17.6. The summed E-state index contributed by atoms with van der Waals surface area (Å²) in [6.07, 6.45) is 5.90. The summed E-state index contributed by atoms with van der Waals surface area (Å²) in [6, 6.07) is 4.05. The molecule has 0 aliphatic carbocycles. The number of hydrogen-bond donors (Lipinski definition) is 0. The van der Waals surface area contributed by atoms with E-state index in [1.807, 2.05) is 6.20 Å². The van der Waals surface area contributed by atoms with Gasteiger partial charge in [0.15, 0.2) is 0 Å². The quantitative estimate of drug-likeness (QED) is 0.760. The predicted octanol–water partition coefficient (Wildman–Crippen LogP) is 3.22. The zero-order valence-electron chi connectivity index (χ0n) is 11.5. The van der Waals surface area contributed by atoms with Crippen LogP contribution in [0, 0.1) is 22.7 Å². The third-order valence-electron chi connectivity index (χ3n) is 3.98. The van der Waals surface area contributed by atoms with E-state index in [1.165, 1.54) is 12.8 Å². The fourth-order valence-electron chi connectivity index (χ4n) is 2.72. The van der Waals surface area contributed by atoms with Crippen molar-refractivity contribution in [2.75, 3.05) is 18.0 Å². The maximum atomic E-state index is 9.13. The van der Waals surface area contributed by atoms with Gasteiger partial charge in [0.25, 0.3) is 0 Å². The van der Waals surface area contributed by atoms with E-state index in [-0.39, 0.29) is 0 Å². The first-order valence-corrected chi connectivity index (χ1v) is 6.61. The molecule has 18 heavy (non-hydrogen) atoms. The van der Waals surface area contributed by atoms with Crippen molar-refractivity contribution < 1.29 is 0 Å². The minimum atomic E-state index is 0.388. The van der Waals surface area contributed by atoms with Crippen molar-refractivity contribution in [3.63, 3.8) is 0 Å². The van der Waals surface area contributed by atoms with Crippen LogP contribution >= 0.6 is 0 Å². The molecule has 0 bridgehead atoms. The van der Waals surface area contributed by atoms with E-state index < -0.39 is 0 Å². The Morgan fingerprint density at radius 2 is 2.00 bits per heavy atom. The fraction of sp³-hybridized carbons (Fsp3) is 0.600. The van der Waals surface area contributed by atoms with Crippen LogP contribution in [-0.4, -0.2) is 18.1 Å². The van der Waals surface area contributed by atoms with Crippen molar-refractivity contribution in [2.24, 2.45) is 11.3 Å². The minimum Gasteiger partial charge on any atom is -0.369 e. The average molecular weight is 243 g/mol. The first kappa shape index (κ1) is 12.9. The zero-order valence-corrected chi connectivity index (χ0v) is 11.5. The van der Waals surface area contributed by atoms with Gasteiger partial charge in [-0.1, -0.05) is 20.8 Å². The summed E-state index contributed by atoms with van der Waals surface area (Å²) in [6.45, 7) is 9.01. The molecule has 1 saturated heterocycles. The van der Waals surface area contributed by atoms with Crippen LogP contribution in [0.2, 0.25) is 0 Å². The molecule has 0 aromatic carbocycles. The van der Waals surface area contributed by atoms with Gasteiger partial charge in [-0.15, -0.1) is 0 Å². The van der Waals surface area contributed by atoms with E-state index in [1.54, 1.807) is 12.3 Å². The molecule has 3 nitrogen and oxygen atoms in total. The molecule has 2 heterocycles. The van der Waals surface area contributed by atoms with Crippen molar-refractivity contribution in [3.8, 4) is 6.07 Å². The van der Waals surface area contributed by atoms with E-state index in [4.69, 9.17) is 5.26 Å². The van der Waals surface area contributed by atoms with Gasteiger partial charge in [-0.25, -0.2) is 0 Å². The number of anilines is 1. The lowest BCUT2D eigenvalue weighted by Crippen LogP contribution is -2.38. The largest absolute Gasteiger partial charge is 0.369 e. The highest BCUT2D eigenvalue weighted by Gasteiger charge is 2.29. The van der Waals surface area contributed by atoms with Crippen LogP contribution in [0.3, 0.4) is 0 Å². The Kier molecular flexibility index (Phi) is 3.56. The highest BCUT2D eigenvalue weighted by atomic mass is 15.1. The van der Waals surface area contributed by atoms with E-state index >= 15 is 0 Å². The van der Waals surface area contributed by atoms with Gasteiger partial charge in [-0.2, -0.15) is 5.26 Å². The first-order chi connectivity index (χ1) is 8.52. The molecule has 1 aliphatic rings. The Morgan fingerprint density at radius 1 is 1.33 bits per heavy atom. The molecule has 2 rings (SSSR count). The van der Waals surface area contributed by atoms with Crippen LogP contribution in [0.25, 0.3) is 0 Å². The summed E-state index contributed by atoms with van der Waals surface area (Å²) in [5.41, 5.74) is 2.12. The summed E-state index contributed by atoms with van der Waals surface area (Å²) in [5.74, 6) is 0.774. The van der Waals surface area contributed by atoms with E-state index in [0.717, 1.165) is 30.3 Å². The van der Waals surface area contributed by atoms with Crippen LogP contribution in [-0.2, 0) is 0 Å². The maximum Gasteiger partial charge on any atom is 0.101 e. The van der Waals surface area contributed by atoms with Gasteiger partial charge in [-0.3, -0.25) is 4.98 Å². The van der Waals surface area contributed by atoms with Crippen molar-refractivity contribution in [1.29, 1.82) is 5.26 Å². The number of hydrogen-bond acceptors (Lipinski definition) is 3. The van der Waals surface area contributed by atoms with Crippen LogP contribution < -0.4 is 4.90 Å². The fourth-order valence-corrected chi connectivity index (χ4v) is 2.72. The molecular formula is C15H21N3. The van der Waals surface area contributed by atoms with Gasteiger partial charge in [0, 0.05) is 19.3 Å². The molecule has 0 saturated carbocycles. The lowest BCUT2D eigenvalue weighted by molar-refractivity contribution is 0.199. The Bertz CT molecular complexity index is 446. The SMILES string of the molecule is CC(C)(C)C1CCN(c2cnccc2C#N)CC1. The third-order valence-corrected chi connectivity index (χ3v) is 3.98. The minimum absolute atomic E-state index is 0.388. The molecule has 1 fully saturated rings. The Hall–Kier alpha value is -1.56. The molecule has 0 unspecified atom stereocenters. The zero-order chi connectivity index (χ0) is 13.2. The number of rotatable bonds is 1. The number of nitrogens with zero attached hydrogens (tertiary/aromatic N) is 3. The monoisotopic (exact) mass is 243 g/mol. The topological polar surface area (TPSA) is 39.9 Å². The molecule has 0 amide bonds. The summed E-state index contributed by atoms with van der Waals surface area (Å²) in [4.78, 5) is 6.44. The highest BCUT2D eigenvalue weighted by molar-refractivity contribution is 5.57. The molecular weight excluding hydrogens is 222 g/mol. The van der Waals surface area contributed by atoms with Gasteiger partial charge in [0.05, 0.1) is 17.4 Å². The molecule has 1 aromatic rings. The second kappa shape index (κ2) is 4.97. The highest BCUT2D eigenvalue weighted by Crippen LogP contribution is 2.35. The van der Waals surface area contributed by atoms with Crippen LogP contribution in [0.4, 0.5) is 5.69 Å². The van der Waals surface area contributed by atoms with Gasteiger partial charge in [-0.05, 0) is 30.2 Å². The molecule has 1 aromatic heterocycles. The Labute approximate surface area is 109 Å². The molecule has 1 aliphatic heterocycles. The lowest BCUT2D eigenvalue weighted by Gasteiger charge is -2.39. The van der Waals surface area contributed by atoms with Gasteiger partial charge in [0.1, 0.15) is 6.07 Å². The summed E-state index contributed by atoms with van der Waals surface area (Å²) >= 11 is 0. The Morgan fingerprint density at radius 3 is 2.56 bits per heavy atom. The second-order valence-corrected chi connectivity index (χ2v) is 6.13. The lowest BCUT2D eigenvalue weighted by atomic mass is 9.75.